The zero-order valence-corrected chi connectivity index (χ0v) is 23.9. The molecule has 5 rings (SSSR count). The van der Waals surface area contributed by atoms with Crippen LogP contribution in [0, 0.1) is 5.92 Å². The zero-order valence-electron chi connectivity index (χ0n) is 23.2. The third kappa shape index (κ3) is 6.61. The van der Waals surface area contributed by atoms with Crippen LogP contribution in [0.25, 0.3) is 22.5 Å². The number of nitrogens with one attached hydrogen (secondary N) is 2. The van der Waals surface area contributed by atoms with Crippen molar-refractivity contribution in [3.8, 4) is 22.5 Å². The standard InChI is InChI=1S/C29H27ClF3N7O3/c1-16-4-3-5-24(22-10-17(8-9-34-22)26-23(38-27(16)42)13-37-39(26)2)40-15-36-21(12-25(40)41)20-11-18(30)6-7-19(20)28(43)35-14-29(31,32)33/h6-13,15-16,24H,3-5,14H2,1-2H3,(H,35,43)(H,38,42). The van der Waals surface area contributed by atoms with Crippen LogP contribution in [0.2, 0.25) is 5.02 Å². The molecule has 1 aromatic carbocycles. The van der Waals surface area contributed by atoms with Gasteiger partial charge in [0.15, 0.2) is 0 Å². The lowest BCUT2D eigenvalue weighted by atomic mass is 9.97. The van der Waals surface area contributed by atoms with E-state index in [2.05, 4.69) is 20.4 Å². The maximum atomic E-state index is 13.6. The minimum Gasteiger partial charge on any atom is -0.343 e. The first-order chi connectivity index (χ1) is 20.4. The number of rotatable bonds is 4. The number of alkyl halides is 3. The van der Waals surface area contributed by atoms with Crippen molar-refractivity contribution in [2.24, 2.45) is 13.0 Å². The SMILES string of the molecule is CC1CCCC(n2cnc(-c3cc(Cl)ccc3C(=O)NCC(F)(F)F)cc2=O)c2cc(ccn2)-c2c(cnn2C)NC1=O. The largest absolute Gasteiger partial charge is 0.405 e. The average Bonchev–Trinajstić information content (AvgIpc) is 3.32. The number of aromatic nitrogens is 5. The van der Waals surface area contributed by atoms with Gasteiger partial charge in [0.2, 0.25) is 5.91 Å². The summed E-state index contributed by atoms with van der Waals surface area (Å²) in [6, 6.07) is 8.31. The number of hydrogen-bond acceptors (Lipinski definition) is 6. The third-order valence-electron chi connectivity index (χ3n) is 7.28. The zero-order chi connectivity index (χ0) is 30.9. The summed E-state index contributed by atoms with van der Waals surface area (Å²) in [6.45, 7) is 0.316. The van der Waals surface area contributed by atoms with E-state index in [0.717, 1.165) is 5.56 Å². The van der Waals surface area contributed by atoms with Crippen molar-refractivity contribution in [1.29, 1.82) is 0 Å². The molecule has 2 bridgehead atoms. The van der Waals surface area contributed by atoms with E-state index in [0.29, 0.717) is 36.3 Å². The molecular formula is C29H27ClF3N7O3. The van der Waals surface area contributed by atoms with Crippen molar-refractivity contribution in [3.63, 3.8) is 0 Å². The van der Waals surface area contributed by atoms with E-state index >= 15 is 0 Å². The molecule has 10 nitrogen and oxygen atoms in total. The lowest BCUT2D eigenvalue weighted by molar-refractivity contribution is -0.123. The highest BCUT2D eigenvalue weighted by molar-refractivity contribution is 6.31. The molecule has 4 aromatic rings. The van der Waals surface area contributed by atoms with Gasteiger partial charge in [0, 0.05) is 46.9 Å². The first kappa shape index (κ1) is 30.0. The molecule has 0 aliphatic carbocycles. The lowest BCUT2D eigenvalue weighted by Crippen LogP contribution is -2.34. The van der Waals surface area contributed by atoms with Crippen LogP contribution < -0.4 is 16.2 Å². The molecule has 4 heterocycles. The minimum absolute atomic E-state index is 0.0700. The van der Waals surface area contributed by atoms with Crippen LogP contribution in [-0.2, 0) is 11.8 Å². The second-order valence-electron chi connectivity index (χ2n) is 10.3. The topological polar surface area (TPSA) is 124 Å². The van der Waals surface area contributed by atoms with E-state index in [1.807, 2.05) is 18.3 Å². The maximum absolute atomic E-state index is 13.6. The molecule has 0 saturated heterocycles. The molecule has 3 aromatic heterocycles. The molecule has 0 radical (unpaired) electrons. The monoisotopic (exact) mass is 613 g/mol. The van der Waals surface area contributed by atoms with Gasteiger partial charge in [-0.1, -0.05) is 24.9 Å². The molecule has 0 saturated carbocycles. The van der Waals surface area contributed by atoms with Gasteiger partial charge in [-0.15, -0.1) is 0 Å². The van der Waals surface area contributed by atoms with Crippen molar-refractivity contribution in [3.05, 3.63) is 81.8 Å². The van der Waals surface area contributed by atoms with E-state index in [4.69, 9.17) is 11.6 Å². The van der Waals surface area contributed by atoms with Gasteiger partial charge in [0.05, 0.1) is 41.3 Å². The highest BCUT2D eigenvalue weighted by Crippen LogP contribution is 2.33. The number of amides is 2. The molecule has 2 N–H and O–H groups in total. The van der Waals surface area contributed by atoms with Gasteiger partial charge in [-0.25, -0.2) is 4.98 Å². The molecule has 2 unspecified atom stereocenters. The predicted molar refractivity (Wildman–Crippen MR) is 154 cm³/mol. The Morgan fingerprint density at radius 2 is 1.93 bits per heavy atom. The Labute approximate surface area is 248 Å². The number of hydrogen-bond donors (Lipinski definition) is 2. The molecule has 14 heteroatoms. The van der Waals surface area contributed by atoms with Crippen LogP contribution in [-0.4, -0.2) is 48.9 Å². The Morgan fingerprint density at radius 1 is 1.14 bits per heavy atom. The van der Waals surface area contributed by atoms with Crippen LogP contribution in [0.15, 0.2) is 59.9 Å². The van der Waals surface area contributed by atoms with Gasteiger partial charge in [0.1, 0.15) is 6.54 Å². The van der Waals surface area contributed by atoms with Gasteiger partial charge in [-0.3, -0.25) is 28.6 Å². The van der Waals surface area contributed by atoms with Gasteiger partial charge < -0.3 is 10.6 Å². The maximum Gasteiger partial charge on any atom is 0.405 e. The number of pyridine rings is 1. The Morgan fingerprint density at radius 3 is 2.67 bits per heavy atom. The minimum atomic E-state index is -4.60. The second kappa shape index (κ2) is 12.0. The van der Waals surface area contributed by atoms with E-state index in [9.17, 15) is 27.6 Å². The van der Waals surface area contributed by atoms with Crippen molar-refractivity contribution < 1.29 is 22.8 Å². The predicted octanol–water partition coefficient (Wildman–Crippen LogP) is 5.00. The van der Waals surface area contributed by atoms with Gasteiger partial charge >= 0.3 is 6.18 Å². The van der Waals surface area contributed by atoms with Crippen molar-refractivity contribution in [2.75, 3.05) is 11.9 Å². The number of fused-ring (bicyclic) bond motifs is 4. The molecule has 2 atom stereocenters. The molecule has 1 aliphatic rings. The first-order valence-corrected chi connectivity index (χ1v) is 13.8. The molecule has 2 amide bonds. The molecular weight excluding hydrogens is 587 g/mol. The smallest absolute Gasteiger partial charge is 0.343 e. The summed E-state index contributed by atoms with van der Waals surface area (Å²) in [5, 5.41) is 9.31. The van der Waals surface area contributed by atoms with Crippen LogP contribution in [0.4, 0.5) is 18.9 Å². The fourth-order valence-corrected chi connectivity index (χ4v) is 5.25. The molecule has 0 spiro atoms. The van der Waals surface area contributed by atoms with Crippen molar-refractivity contribution in [1.82, 2.24) is 29.6 Å². The Balaban J connectivity index is 1.55. The van der Waals surface area contributed by atoms with Crippen molar-refractivity contribution >= 4 is 29.1 Å². The van der Waals surface area contributed by atoms with Gasteiger partial charge in [0.25, 0.3) is 11.5 Å². The fraction of sp³-hybridized carbons (Fsp3) is 0.310. The third-order valence-corrected chi connectivity index (χ3v) is 7.51. The van der Waals surface area contributed by atoms with Crippen LogP contribution >= 0.6 is 11.6 Å². The number of benzene rings is 1. The fourth-order valence-electron chi connectivity index (χ4n) is 5.08. The van der Waals surface area contributed by atoms with Crippen molar-refractivity contribution in [2.45, 2.75) is 38.4 Å². The number of carbonyl (C=O) groups is 2. The van der Waals surface area contributed by atoms with E-state index in [1.165, 1.54) is 35.2 Å². The quantitative estimate of drug-likeness (QED) is 0.334. The summed E-state index contributed by atoms with van der Waals surface area (Å²) in [5.74, 6) is -1.43. The van der Waals surface area contributed by atoms with Crippen LogP contribution in [0.1, 0.15) is 48.3 Å². The first-order valence-electron chi connectivity index (χ1n) is 13.4. The summed E-state index contributed by atoms with van der Waals surface area (Å²) in [5.41, 5.74) is 2.18. The molecule has 224 valence electrons. The Hall–Kier alpha value is -4.52. The van der Waals surface area contributed by atoms with Crippen LogP contribution in [0.5, 0.6) is 0 Å². The normalized spacial score (nSPS) is 17.3. The summed E-state index contributed by atoms with van der Waals surface area (Å²) in [4.78, 5) is 48.0. The van der Waals surface area contributed by atoms with E-state index in [-0.39, 0.29) is 33.7 Å². The molecule has 0 fully saturated rings. The average molecular weight is 614 g/mol. The van der Waals surface area contributed by atoms with E-state index < -0.39 is 30.2 Å². The number of anilines is 1. The number of nitrogens with zero attached hydrogens (tertiary/aromatic N) is 5. The van der Waals surface area contributed by atoms with Crippen LogP contribution in [0.3, 0.4) is 0 Å². The lowest BCUT2D eigenvalue weighted by Gasteiger charge is -2.22. The Bertz CT molecular complexity index is 1750. The summed E-state index contributed by atoms with van der Waals surface area (Å²) >= 11 is 6.13. The van der Waals surface area contributed by atoms with Gasteiger partial charge in [-0.05, 0) is 43.2 Å². The number of carbonyl (C=O) groups excluding carboxylic acids is 2. The second-order valence-corrected chi connectivity index (χ2v) is 10.8. The Kier molecular flexibility index (Phi) is 8.36. The highest BCUT2D eigenvalue weighted by Gasteiger charge is 2.29. The van der Waals surface area contributed by atoms with Gasteiger partial charge in [-0.2, -0.15) is 18.3 Å². The summed E-state index contributed by atoms with van der Waals surface area (Å²) in [6.07, 6.45) is 1.55. The molecule has 1 aliphatic heterocycles. The highest BCUT2D eigenvalue weighted by atomic mass is 35.5. The number of aryl methyl sites for hydroxylation is 1. The van der Waals surface area contributed by atoms with E-state index in [1.54, 1.807) is 30.2 Å². The summed E-state index contributed by atoms with van der Waals surface area (Å²) < 4.78 is 41.2. The number of halogens is 4. The molecule has 43 heavy (non-hydrogen) atoms. The summed E-state index contributed by atoms with van der Waals surface area (Å²) in [7, 11) is 1.76.